The highest BCUT2D eigenvalue weighted by molar-refractivity contribution is 6.06. The lowest BCUT2D eigenvalue weighted by atomic mass is 10.2. The number of ether oxygens (including phenoxy) is 1. The van der Waals surface area contributed by atoms with E-state index < -0.39 is 0 Å². The van der Waals surface area contributed by atoms with Crippen LogP contribution in [-0.4, -0.2) is 29.9 Å². The highest BCUT2D eigenvalue weighted by atomic mass is 16.5. The molecule has 0 saturated carbocycles. The first-order valence-electron chi connectivity index (χ1n) is 7.98. The summed E-state index contributed by atoms with van der Waals surface area (Å²) in [5, 5.41) is 2.82. The van der Waals surface area contributed by atoms with E-state index in [0.717, 1.165) is 18.7 Å². The third kappa shape index (κ3) is 3.37. The smallest absolute Gasteiger partial charge is 0.261 e. The molecular weight excluding hydrogens is 306 g/mol. The van der Waals surface area contributed by atoms with Crippen molar-refractivity contribution < 1.29 is 14.3 Å². The average molecular weight is 325 g/mol. The minimum Gasteiger partial charge on any atom is -0.477 e. The standard InChI is InChI=1S/C18H19N3O3/c1-2-24-18-15(5-3-11-19-18)17(23)20-13-7-9-14(10-8-13)21-12-4-6-16(21)22/h3,5,7-11H,2,4,6,12H2,1H3,(H,20,23). The molecule has 1 aliphatic rings. The van der Waals surface area contributed by atoms with E-state index in [-0.39, 0.29) is 11.8 Å². The molecule has 1 aliphatic heterocycles. The first-order chi connectivity index (χ1) is 11.7. The van der Waals surface area contributed by atoms with Crippen molar-refractivity contribution in [2.24, 2.45) is 0 Å². The van der Waals surface area contributed by atoms with E-state index in [1.54, 1.807) is 35.4 Å². The van der Waals surface area contributed by atoms with Crippen molar-refractivity contribution in [3.05, 3.63) is 48.2 Å². The molecule has 2 heterocycles. The molecule has 124 valence electrons. The maximum atomic E-state index is 12.4. The van der Waals surface area contributed by atoms with E-state index in [1.807, 2.05) is 19.1 Å². The first kappa shape index (κ1) is 16.0. The molecule has 1 aromatic carbocycles. The molecule has 1 fully saturated rings. The van der Waals surface area contributed by atoms with Gasteiger partial charge in [-0.2, -0.15) is 0 Å². The first-order valence-corrected chi connectivity index (χ1v) is 7.98. The molecule has 0 radical (unpaired) electrons. The molecule has 0 bridgehead atoms. The predicted molar refractivity (Wildman–Crippen MR) is 91.4 cm³/mol. The molecule has 1 aromatic heterocycles. The number of hydrogen-bond donors (Lipinski definition) is 1. The van der Waals surface area contributed by atoms with Crippen LogP contribution in [0.4, 0.5) is 11.4 Å². The van der Waals surface area contributed by atoms with E-state index in [4.69, 9.17) is 4.74 Å². The van der Waals surface area contributed by atoms with Crippen LogP contribution < -0.4 is 15.0 Å². The third-order valence-electron chi connectivity index (χ3n) is 3.81. The summed E-state index contributed by atoms with van der Waals surface area (Å²) in [6.07, 6.45) is 3.07. The van der Waals surface area contributed by atoms with Crippen LogP contribution in [0.3, 0.4) is 0 Å². The lowest BCUT2D eigenvalue weighted by Gasteiger charge is -2.16. The number of pyridine rings is 1. The quantitative estimate of drug-likeness (QED) is 0.917. The topological polar surface area (TPSA) is 71.5 Å². The number of rotatable bonds is 5. The number of nitrogens with one attached hydrogen (secondary N) is 1. The van der Waals surface area contributed by atoms with Crippen molar-refractivity contribution in [3.8, 4) is 5.88 Å². The van der Waals surface area contributed by atoms with Crippen LogP contribution in [0.25, 0.3) is 0 Å². The second kappa shape index (κ2) is 7.12. The van der Waals surface area contributed by atoms with E-state index in [0.29, 0.717) is 30.2 Å². The Morgan fingerprint density at radius 1 is 1.29 bits per heavy atom. The second-order valence-electron chi connectivity index (χ2n) is 5.44. The maximum Gasteiger partial charge on any atom is 0.261 e. The van der Waals surface area contributed by atoms with Crippen LogP contribution in [0, 0.1) is 0 Å². The van der Waals surface area contributed by atoms with Crippen molar-refractivity contribution in [2.45, 2.75) is 19.8 Å². The number of benzene rings is 1. The van der Waals surface area contributed by atoms with Gasteiger partial charge < -0.3 is 15.0 Å². The van der Waals surface area contributed by atoms with Gasteiger partial charge >= 0.3 is 0 Å². The highest BCUT2D eigenvalue weighted by Gasteiger charge is 2.21. The maximum absolute atomic E-state index is 12.4. The number of carbonyl (C=O) groups is 2. The highest BCUT2D eigenvalue weighted by Crippen LogP contribution is 2.24. The van der Waals surface area contributed by atoms with Crippen molar-refractivity contribution >= 4 is 23.2 Å². The molecule has 2 aromatic rings. The van der Waals surface area contributed by atoms with Gasteiger partial charge in [-0.3, -0.25) is 9.59 Å². The molecule has 0 atom stereocenters. The van der Waals surface area contributed by atoms with Gasteiger partial charge in [-0.25, -0.2) is 4.98 Å². The van der Waals surface area contributed by atoms with Gasteiger partial charge in [-0.1, -0.05) is 0 Å². The summed E-state index contributed by atoms with van der Waals surface area (Å²) >= 11 is 0. The van der Waals surface area contributed by atoms with E-state index >= 15 is 0 Å². The summed E-state index contributed by atoms with van der Waals surface area (Å²) in [5.41, 5.74) is 1.90. The number of carbonyl (C=O) groups excluding carboxylic acids is 2. The Labute approximate surface area is 140 Å². The van der Waals surface area contributed by atoms with Gasteiger partial charge in [0.15, 0.2) is 0 Å². The Kier molecular flexibility index (Phi) is 4.74. The minimum absolute atomic E-state index is 0.142. The zero-order chi connectivity index (χ0) is 16.9. The van der Waals surface area contributed by atoms with Crippen LogP contribution in [0.1, 0.15) is 30.1 Å². The SMILES string of the molecule is CCOc1ncccc1C(=O)Nc1ccc(N2CCCC2=O)cc1. The van der Waals surface area contributed by atoms with Gasteiger partial charge in [0, 0.05) is 30.5 Å². The number of hydrogen-bond acceptors (Lipinski definition) is 4. The Hall–Kier alpha value is -2.89. The molecule has 0 spiro atoms. The molecule has 6 heteroatoms. The number of aromatic nitrogens is 1. The van der Waals surface area contributed by atoms with Gasteiger partial charge in [0.05, 0.1) is 6.61 Å². The number of amides is 2. The molecule has 6 nitrogen and oxygen atoms in total. The molecule has 1 saturated heterocycles. The van der Waals surface area contributed by atoms with E-state index in [9.17, 15) is 9.59 Å². The summed E-state index contributed by atoms with van der Waals surface area (Å²) < 4.78 is 5.38. The summed E-state index contributed by atoms with van der Waals surface area (Å²) in [6, 6.07) is 10.6. The molecular formula is C18H19N3O3. The third-order valence-corrected chi connectivity index (χ3v) is 3.81. The Morgan fingerprint density at radius 2 is 2.08 bits per heavy atom. The van der Waals surface area contributed by atoms with Crippen LogP contribution in [0.5, 0.6) is 5.88 Å². The van der Waals surface area contributed by atoms with Gasteiger partial charge in [0.1, 0.15) is 5.56 Å². The largest absolute Gasteiger partial charge is 0.477 e. The normalized spacial score (nSPS) is 13.9. The number of nitrogens with zero attached hydrogens (tertiary/aromatic N) is 2. The van der Waals surface area contributed by atoms with E-state index in [2.05, 4.69) is 10.3 Å². The molecule has 3 rings (SSSR count). The fraction of sp³-hybridized carbons (Fsp3) is 0.278. The average Bonchev–Trinajstić information content (AvgIpc) is 3.02. The van der Waals surface area contributed by atoms with Gasteiger partial charge in [-0.15, -0.1) is 0 Å². The van der Waals surface area contributed by atoms with Gasteiger partial charge in [-0.05, 0) is 49.7 Å². The van der Waals surface area contributed by atoms with Crippen molar-refractivity contribution in [1.82, 2.24) is 4.98 Å². The Bertz CT molecular complexity index is 743. The fourth-order valence-corrected chi connectivity index (χ4v) is 2.66. The van der Waals surface area contributed by atoms with Gasteiger partial charge in [0.25, 0.3) is 5.91 Å². The van der Waals surface area contributed by atoms with E-state index in [1.165, 1.54) is 0 Å². The summed E-state index contributed by atoms with van der Waals surface area (Å²) in [5.74, 6) is 0.178. The molecule has 1 N–H and O–H groups in total. The second-order valence-corrected chi connectivity index (χ2v) is 5.44. The van der Waals surface area contributed by atoms with Crippen molar-refractivity contribution in [2.75, 3.05) is 23.4 Å². The number of anilines is 2. The van der Waals surface area contributed by atoms with Crippen molar-refractivity contribution in [3.63, 3.8) is 0 Å². The molecule has 0 aliphatic carbocycles. The minimum atomic E-state index is -0.281. The lowest BCUT2D eigenvalue weighted by molar-refractivity contribution is -0.117. The molecule has 24 heavy (non-hydrogen) atoms. The molecule has 0 unspecified atom stereocenters. The summed E-state index contributed by atoms with van der Waals surface area (Å²) in [7, 11) is 0. The van der Waals surface area contributed by atoms with Gasteiger partial charge in [0.2, 0.25) is 11.8 Å². The predicted octanol–water partition coefficient (Wildman–Crippen LogP) is 2.86. The monoisotopic (exact) mass is 325 g/mol. The lowest BCUT2D eigenvalue weighted by Crippen LogP contribution is -2.23. The fourth-order valence-electron chi connectivity index (χ4n) is 2.66. The van der Waals surface area contributed by atoms with Crippen molar-refractivity contribution in [1.29, 1.82) is 0 Å². The Balaban J connectivity index is 1.72. The van der Waals surface area contributed by atoms with Crippen LogP contribution >= 0.6 is 0 Å². The van der Waals surface area contributed by atoms with Crippen LogP contribution in [0.2, 0.25) is 0 Å². The summed E-state index contributed by atoms with van der Waals surface area (Å²) in [4.78, 5) is 30.0. The zero-order valence-corrected chi connectivity index (χ0v) is 13.5. The molecule has 2 amide bonds. The van der Waals surface area contributed by atoms with Crippen LogP contribution in [0.15, 0.2) is 42.6 Å². The Morgan fingerprint density at radius 3 is 2.75 bits per heavy atom. The summed E-state index contributed by atoms with van der Waals surface area (Å²) in [6.45, 7) is 3.03. The van der Waals surface area contributed by atoms with Crippen LogP contribution in [-0.2, 0) is 4.79 Å². The zero-order valence-electron chi connectivity index (χ0n) is 13.5.